The number of para-hydroxylation sites is 1. The predicted octanol–water partition coefficient (Wildman–Crippen LogP) is 4.09. The third kappa shape index (κ3) is 5.17. The minimum atomic E-state index is -0.222. The van der Waals surface area contributed by atoms with Gasteiger partial charge in [0.2, 0.25) is 5.91 Å². The summed E-state index contributed by atoms with van der Waals surface area (Å²) in [5, 5.41) is 3.26. The molecule has 0 fully saturated rings. The summed E-state index contributed by atoms with van der Waals surface area (Å²) in [5.41, 5.74) is 1.64. The van der Waals surface area contributed by atoms with Gasteiger partial charge >= 0.3 is 0 Å². The smallest absolute Gasteiger partial charge is 0.244 e. The molecule has 1 amide bonds. The molecule has 0 aliphatic rings. The number of rotatable bonds is 8. The SMILES string of the molecule is CCOc1c(Cl)cc(CNC(=O)/C=C/c2ccccc2OC)cc1OC. The molecule has 0 saturated carbocycles. The summed E-state index contributed by atoms with van der Waals surface area (Å²) in [7, 11) is 3.14. The Hall–Kier alpha value is -2.66. The molecule has 6 heteroatoms. The number of nitrogens with one attached hydrogen (secondary N) is 1. The molecule has 2 rings (SSSR count). The van der Waals surface area contributed by atoms with Crippen molar-refractivity contribution in [2.45, 2.75) is 13.5 Å². The van der Waals surface area contributed by atoms with Gasteiger partial charge in [-0.2, -0.15) is 0 Å². The fourth-order valence-corrected chi connectivity index (χ4v) is 2.67. The summed E-state index contributed by atoms with van der Waals surface area (Å²) in [6.07, 6.45) is 3.17. The lowest BCUT2D eigenvalue weighted by molar-refractivity contribution is -0.116. The van der Waals surface area contributed by atoms with Crippen molar-refractivity contribution < 1.29 is 19.0 Å². The van der Waals surface area contributed by atoms with E-state index in [-0.39, 0.29) is 5.91 Å². The molecule has 0 saturated heterocycles. The first-order chi connectivity index (χ1) is 12.6. The van der Waals surface area contributed by atoms with Crippen molar-refractivity contribution in [3.8, 4) is 17.2 Å². The van der Waals surface area contributed by atoms with Crippen LogP contribution in [0.2, 0.25) is 5.02 Å². The second kappa shape index (κ2) is 9.73. The van der Waals surface area contributed by atoms with Crippen LogP contribution in [0.15, 0.2) is 42.5 Å². The standard InChI is InChI=1S/C20H22ClNO4/c1-4-26-20-16(21)11-14(12-18(20)25-3)13-22-19(23)10-9-15-7-5-6-8-17(15)24-2/h5-12H,4,13H2,1-3H3,(H,22,23)/b10-9+. The van der Waals surface area contributed by atoms with E-state index in [9.17, 15) is 4.79 Å². The molecule has 0 radical (unpaired) electrons. The molecule has 0 atom stereocenters. The normalized spacial score (nSPS) is 10.6. The van der Waals surface area contributed by atoms with Crippen molar-refractivity contribution in [2.75, 3.05) is 20.8 Å². The van der Waals surface area contributed by atoms with E-state index >= 15 is 0 Å². The third-order valence-electron chi connectivity index (χ3n) is 3.60. The predicted molar refractivity (Wildman–Crippen MR) is 103 cm³/mol. The van der Waals surface area contributed by atoms with Crippen molar-refractivity contribution in [1.82, 2.24) is 5.32 Å². The highest BCUT2D eigenvalue weighted by Gasteiger charge is 2.12. The minimum absolute atomic E-state index is 0.222. The summed E-state index contributed by atoms with van der Waals surface area (Å²) >= 11 is 6.24. The molecule has 2 aromatic carbocycles. The van der Waals surface area contributed by atoms with Crippen LogP contribution >= 0.6 is 11.6 Å². The highest BCUT2D eigenvalue weighted by Crippen LogP contribution is 2.36. The molecule has 26 heavy (non-hydrogen) atoms. The third-order valence-corrected chi connectivity index (χ3v) is 3.88. The monoisotopic (exact) mass is 375 g/mol. The van der Waals surface area contributed by atoms with Gasteiger partial charge in [0.15, 0.2) is 11.5 Å². The van der Waals surface area contributed by atoms with Gasteiger partial charge in [0.25, 0.3) is 0 Å². The van der Waals surface area contributed by atoms with Gasteiger partial charge in [-0.25, -0.2) is 0 Å². The highest BCUT2D eigenvalue weighted by atomic mass is 35.5. The van der Waals surface area contributed by atoms with Crippen LogP contribution < -0.4 is 19.5 Å². The van der Waals surface area contributed by atoms with Crippen LogP contribution in [0, 0.1) is 0 Å². The maximum Gasteiger partial charge on any atom is 0.244 e. The van der Waals surface area contributed by atoms with Crippen LogP contribution in [0.1, 0.15) is 18.1 Å². The fourth-order valence-electron chi connectivity index (χ4n) is 2.38. The zero-order chi connectivity index (χ0) is 18.9. The van der Waals surface area contributed by atoms with E-state index in [0.717, 1.165) is 11.1 Å². The van der Waals surface area contributed by atoms with Gasteiger partial charge < -0.3 is 19.5 Å². The lowest BCUT2D eigenvalue weighted by Crippen LogP contribution is -2.20. The van der Waals surface area contributed by atoms with Crippen LogP contribution in [0.4, 0.5) is 0 Å². The summed E-state index contributed by atoms with van der Waals surface area (Å²) < 4.78 is 16.0. The lowest BCUT2D eigenvalue weighted by Gasteiger charge is -2.13. The van der Waals surface area contributed by atoms with Crippen molar-refractivity contribution >= 4 is 23.6 Å². The minimum Gasteiger partial charge on any atom is -0.496 e. The molecule has 0 aliphatic carbocycles. The topological polar surface area (TPSA) is 56.8 Å². The number of hydrogen-bond donors (Lipinski definition) is 1. The highest BCUT2D eigenvalue weighted by molar-refractivity contribution is 6.32. The summed E-state index contributed by atoms with van der Waals surface area (Å²) in [5.74, 6) is 1.52. The van der Waals surface area contributed by atoms with Crippen LogP contribution in [0.5, 0.6) is 17.2 Å². The first-order valence-electron chi connectivity index (χ1n) is 8.17. The first-order valence-corrected chi connectivity index (χ1v) is 8.55. The average Bonchev–Trinajstić information content (AvgIpc) is 2.66. The van der Waals surface area contributed by atoms with Gasteiger partial charge in [0, 0.05) is 18.2 Å². The Bertz CT molecular complexity index is 789. The maximum absolute atomic E-state index is 12.1. The molecule has 138 valence electrons. The van der Waals surface area contributed by atoms with E-state index in [1.165, 1.54) is 6.08 Å². The molecular weight excluding hydrogens is 354 g/mol. The Kier molecular flexibility index (Phi) is 7.36. The maximum atomic E-state index is 12.1. The van der Waals surface area contributed by atoms with E-state index < -0.39 is 0 Å². The molecule has 5 nitrogen and oxygen atoms in total. The van der Waals surface area contributed by atoms with Crippen molar-refractivity contribution in [2.24, 2.45) is 0 Å². The van der Waals surface area contributed by atoms with E-state index in [4.69, 9.17) is 25.8 Å². The summed E-state index contributed by atoms with van der Waals surface area (Å²) in [6.45, 7) is 2.68. The quantitative estimate of drug-likeness (QED) is 0.706. The van der Waals surface area contributed by atoms with Gasteiger partial charge in [-0.15, -0.1) is 0 Å². The Morgan fingerprint density at radius 3 is 2.58 bits per heavy atom. The second-order valence-electron chi connectivity index (χ2n) is 5.34. The number of amides is 1. The molecule has 0 unspecified atom stereocenters. The Morgan fingerprint density at radius 2 is 1.88 bits per heavy atom. The van der Waals surface area contributed by atoms with E-state index in [2.05, 4.69) is 5.32 Å². The molecule has 0 aliphatic heterocycles. The van der Waals surface area contributed by atoms with Crippen LogP contribution in [0.3, 0.4) is 0 Å². The van der Waals surface area contributed by atoms with Crippen LogP contribution in [-0.4, -0.2) is 26.7 Å². The van der Waals surface area contributed by atoms with E-state index in [0.29, 0.717) is 35.4 Å². The van der Waals surface area contributed by atoms with Crippen molar-refractivity contribution in [1.29, 1.82) is 0 Å². The molecule has 0 spiro atoms. The number of methoxy groups -OCH3 is 2. The Balaban J connectivity index is 2.03. The lowest BCUT2D eigenvalue weighted by atomic mass is 10.2. The summed E-state index contributed by atoms with van der Waals surface area (Å²) in [6, 6.07) is 11.0. The zero-order valence-electron chi connectivity index (χ0n) is 15.0. The second-order valence-corrected chi connectivity index (χ2v) is 5.74. The van der Waals surface area contributed by atoms with Crippen LogP contribution in [-0.2, 0) is 11.3 Å². The van der Waals surface area contributed by atoms with Gasteiger partial charge in [-0.3, -0.25) is 4.79 Å². The summed E-state index contributed by atoms with van der Waals surface area (Å²) in [4.78, 5) is 12.1. The Morgan fingerprint density at radius 1 is 1.15 bits per heavy atom. The zero-order valence-corrected chi connectivity index (χ0v) is 15.8. The number of halogens is 1. The Labute approximate surface area is 158 Å². The first kappa shape index (κ1) is 19.7. The van der Waals surface area contributed by atoms with Gasteiger partial charge in [0.1, 0.15) is 5.75 Å². The fraction of sp³-hybridized carbons (Fsp3) is 0.250. The van der Waals surface area contributed by atoms with E-state index in [1.54, 1.807) is 32.4 Å². The van der Waals surface area contributed by atoms with Crippen LogP contribution in [0.25, 0.3) is 6.08 Å². The number of carbonyl (C=O) groups excluding carboxylic acids is 1. The molecule has 1 N–H and O–H groups in total. The van der Waals surface area contributed by atoms with E-state index in [1.807, 2.05) is 31.2 Å². The van der Waals surface area contributed by atoms with Gasteiger partial charge in [-0.1, -0.05) is 29.8 Å². The number of carbonyl (C=O) groups is 1. The van der Waals surface area contributed by atoms with Crippen molar-refractivity contribution in [3.05, 3.63) is 58.6 Å². The largest absolute Gasteiger partial charge is 0.496 e. The van der Waals surface area contributed by atoms with Gasteiger partial charge in [0.05, 0.1) is 25.8 Å². The number of ether oxygens (including phenoxy) is 3. The molecule has 0 aromatic heterocycles. The molecule has 0 bridgehead atoms. The number of hydrogen-bond acceptors (Lipinski definition) is 4. The van der Waals surface area contributed by atoms with Crippen molar-refractivity contribution in [3.63, 3.8) is 0 Å². The number of benzene rings is 2. The molecule has 2 aromatic rings. The van der Waals surface area contributed by atoms with Gasteiger partial charge in [-0.05, 0) is 36.8 Å². The molecule has 0 heterocycles. The average molecular weight is 376 g/mol. The molecular formula is C20H22ClNO4.